The van der Waals surface area contributed by atoms with E-state index in [1.165, 1.54) is 12.1 Å². The molecule has 2 aromatic carbocycles. The van der Waals surface area contributed by atoms with Crippen molar-refractivity contribution in [2.24, 2.45) is 0 Å². The highest BCUT2D eigenvalue weighted by molar-refractivity contribution is 5.79. The number of halogens is 2. The highest BCUT2D eigenvalue weighted by atomic mass is 19.3. The van der Waals surface area contributed by atoms with Gasteiger partial charge in [-0.3, -0.25) is 9.69 Å². The van der Waals surface area contributed by atoms with Crippen LogP contribution < -0.4 is 24.3 Å². The Morgan fingerprint density at radius 1 is 1.03 bits per heavy atom. The molecular formula is C25H30F2N2O5. The molecule has 1 aliphatic heterocycles. The number of carbonyl (C=O) groups is 1. The Kier molecular flexibility index (Phi) is 9.09. The maximum Gasteiger partial charge on any atom is 0.387 e. The first kappa shape index (κ1) is 25.3. The number of carbonyl (C=O) groups excluding carboxylic acids is 1. The fourth-order valence-electron chi connectivity index (χ4n) is 3.85. The Morgan fingerprint density at radius 3 is 2.24 bits per heavy atom. The number of alkyl halides is 2. The second-order valence-electron chi connectivity index (χ2n) is 7.74. The van der Waals surface area contributed by atoms with E-state index in [9.17, 15) is 13.6 Å². The van der Waals surface area contributed by atoms with Crippen LogP contribution in [0.15, 0.2) is 42.5 Å². The van der Waals surface area contributed by atoms with Gasteiger partial charge in [-0.05, 0) is 36.1 Å². The van der Waals surface area contributed by atoms with Crippen LogP contribution in [-0.4, -0.2) is 64.9 Å². The van der Waals surface area contributed by atoms with Gasteiger partial charge in [-0.1, -0.05) is 18.2 Å². The molecule has 3 rings (SSSR count). The first-order valence-electron chi connectivity index (χ1n) is 11.0. The van der Waals surface area contributed by atoms with Gasteiger partial charge >= 0.3 is 6.61 Å². The summed E-state index contributed by atoms with van der Waals surface area (Å²) in [6, 6.07) is 10.1. The normalized spacial score (nSPS) is 13.9. The summed E-state index contributed by atoms with van der Waals surface area (Å²) >= 11 is 0. The minimum absolute atomic E-state index is 0.0610. The van der Waals surface area contributed by atoms with Crippen molar-refractivity contribution < 1.29 is 32.5 Å². The van der Waals surface area contributed by atoms with Gasteiger partial charge in [0.2, 0.25) is 5.91 Å². The van der Waals surface area contributed by atoms with Crippen LogP contribution in [0.2, 0.25) is 0 Å². The number of hydrogen-bond acceptors (Lipinski definition) is 6. The number of hydrogen-bond donors (Lipinski definition) is 1. The van der Waals surface area contributed by atoms with Gasteiger partial charge < -0.3 is 24.3 Å². The lowest BCUT2D eigenvalue weighted by Crippen LogP contribution is -2.39. The molecule has 1 N–H and O–H groups in total. The number of rotatable bonds is 11. The SMILES string of the molecule is COc1cc(OC)c(C2=CCN(CC(=O)NCCc3ccc(OC(F)F)cc3)CC2)c(OC)c1. The topological polar surface area (TPSA) is 69.3 Å². The average molecular weight is 477 g/mol. The van der Waals surface area contributed by atoms with Gasteiger partial charge in [0.25, 0.3) is 0 Å². The molecule has 0 fully saturated rings. The molecular weight excluding hydrogens is 446 g/mol. The molecule has 0 unspecified atom stereocenters. The standard InChI is InChI=1S/C25H30F2N2O5/c1-31-20-14-21(32-2)24(22(15-20)33-3)18-9-12-29(13-10-18)16-23(30)28-11-8-17-4-6-19(7-5-17)34-25(26)27/h4-7,9,14-15,25H,8,10-13,16H2,1-3H3,(H,28,30). The molecule has 0 aliphatic carbocycles. The van der Waals surface area contributed by atoms with E-state index in [-0.39, 0.29) is 11.7 Å². The largest absolute Gasteiger partial charge is 0.496 e. The molecule has 1 amide bonds. The van der Waals surface area contributed by atoms with Gasteiger partial charge in [0.1, 0.15) is 23.0 Å². The van der Waals surface area contributed by atoms with E-state index in [0.29, 0.717) is 43.3 Å². The third-order valence-electron chi connectivity index (χ3n) is 5.58. The molecule has 7 nitrogen and oxygen atoms in total. The van der Waals surface area contributed by atoms with Crippen molar-refractivity contribution in [3.63, 3.8) is 0 Å². The van der Waals surface area contributed by atoms with Crippen LogP contribution in [0.1, 0.15) is 17.5 Å². The van der Waals surface area contributed by atoms with Crippen LogP contribution in [0.3, 0.4) is 0 Å². The molecule has 0 aromatic heterocycles. The zero-order valence-corrected chi connectivity index (χ0v) is 19.6. The third kappa shape index (κ3) is 6.84. The van der Waals surface area contributed by atoms with Crippen molar-refractivity contribution in [2.75, 3.05) is 47.5 Å². The fraction of sp³-hybridized carbons (Fsp3) is 0.400. The van der Waals surface area contributed by atoms with Crippen molar-refractivity contribution in [2.45, 2.75) is 19.5 Å². The third-order valence-corrected chi connectivity index (χ3v) is 5.58. The summed E-state index contributed by atoms with van der Waals surface area (Å²) in [5, 5.41) is 2.91. The summed E-state index contributed by atoms with van der Waals surface area (Å²) in [6.07, 6.45) is 3.44. The van der Waals surface area contributed by atoms with Crippen LogP contribution >= 0.6 is 0 Å². The van der Waals surface area contributed by atoms with Crippen molar-refractivity contribution in [3.8, 4) is 23.0 Å². The predicted octanol–water partition coefficient (Wildman–Crippen LogP) is 3.76. The number of benzene rings is 2. The Labute approximate surface area is 198 Å². The molecule has 0 saturated carbocycles. The molecule has 2 aromatic rings. The van der Waals surface area contributed by atoms with Crippen LogP contribution in [0.5, 0.6) is 23.0 Å². The first-order chi connectivity index (χ1) is 16.4. The summed E-state index contributed by atoms with van der Waals surface area (Å²) in [4.78, 5) is 14.4. The number of nitrogens with zero attached hydrogens (tertiary/aromatic N) is 1. The quantitative estimate of drug-likeness (QED) is 0.533. The van der Waals surface area contributed by atoms with Gasteiger partial charge in [0.05, 0.1) is 33.4 Å². The molecule has 0 atom stereocenters. The van der Waals surface area contributed by atoms with E-state index < -0.39 is 6.61 Å². The summed E-state index contributed by atoms with van der Waals surface area (Å²) in [6.45, 7) is -0.730. The second-order valence-corrected chi connectivity index (χ2v) is 7.74. The molecule has 9 heteroatoms. The summed E-state index contributed by atoms with van der Waals surface area (Å²) < 4.78 is 45.2. The number of nitrogens with one attached hydrogen (secondary N) is 1. The fourth-order valence-corrected chi connectivity index (χ4v) is 3.85. The van der Waals surface area contributed by atoms with Crippen LogP contribution in [0, 0.1) is 0 Å². The van der Waals surface area contributed by atoms with E-state index >= 15 is 0 Å². The molecule has 1 aliphatic rings. The lowest BCUT2D eigenvalue weighted by atomic mass is 9.97. The summed E-state index contributed by atoms with van der Waals surface area (Å²) in [5.41, 5.74) is 2.93. The van der Waals surface area contributed by atoms with Gasteiger partial charge in [-0.2, -0.15) is 8.78 Å². The molecule has 34 heavy (non-hydrogen) atoms. The smallest absolute Gasteiger partial charge is 0.387 e. The number of ether oxygens (including phenoxy) is 4. The van der Waals surface area contributed by atoms with Gasteiger partial charge in [-0.25, -0.2) is 0 Å². The summed E-state index contributed by atoms with van der Waals surface area (Å²) in [7, 11) is 4.82. The van der Waals surface area contributed by atoms with E-state index in [4.69, 9.17) is 14.2 Å². The van der Waals surface area contributed by atoms with E-state index in [1.54, 1.807) is 33.5 Å². The zero-order valence-electron chi connectivity index (χ0n) is 19.6. The Balaban J connectivity index is 1.50. The molecule has 184 valence electrons. The van der Waals surface area contributed by atoms with E-state index in [0.717, 1.165) is 29.7 Å². The maximum absolute atomic E-state index is 12.4. The van der Waals surface area contributed by atoms with Gasteiger partial charge in [-0.15, -0.1) is 0 Å². The highest BCUT2D eigenvalue weighted by Gasteiger charge is 2.21. The minimum Gasteiger partial charge on any atom is -0.496 e. The maximum atomic E-state index is 12.4. The van der Waals surface area contributed by atoms with Crippen molar-refractivity contribution >= 4 is 11.5 Å². The summed E-state index contributed by atoms with van der Waals surface area (Å²) in [5.74, 6) is 2.08. The van der Waals surface area contributed by atoms with Crippen molar-refractivity contribution in [1.29, 1.82) is 0 Å². The van der Waals surface area contributed by atoms with E-state index in [2.05, 4.69) is 21.0 Å². The zero-order chi connectivity index (χ0) is 24.5. The van der Waals surface area contributed by atoms with Crippen LogP contribution in [-0.2, 0) is 11.2 Å². The molecule has 0 spiro atoms. The number of amides is 1. The van der Waals surface area contributed by atoms with Gasteiger partial charge in [0.15, 0.2) is 0 Å². The molecule has 0 saturated heterocycles. The molecule has 0 bridgehead atoms. The lowest BCUT2D eigenvalue weighted by molar-refractivity contribution is -0.122. The molecule has 1 heterocycles. The Bertz CT molecular complexity index is 970. The highest BCUT2D eigenvalue weighted by Crippen LogP contribution is 2.40. The molecule has 0 radical (unpaired) electrons. The second kappa shape index (κ2) is 12.2. The lowest BCUT2D eigenvalue weighted by Gasteiger charge is -2.27. The monoisotopic (exact) mass is 476 g/mol. The van der Waals surface area contributed by atoms with Crippen LogP contribution in [0.4, 0.5) is 8.78 Å². The Morgan fingerprint density at radius 2 is 1.71 bits per heavy atom. The van der Waals surface area contributed by atoms with Gasteiger partial charge in [0, 0.05) is 31.8 Å². The minimum atomic E-state index is -2.84. The number of methoxy groups -OCH3 is 3. The Hall–Kier alpha value is -3.33. The van der Waals surface area contributed by atoms with E-state index in [1.807, 2.05) is 12.1 Å². The average Bonchev–Trinajstić information content (AvgIpc) is 2.84. The van der Waals surface area contributed by atoms with Crippen molar-refractivity contribution in [3.05, 3.63) is 53.6 Å². The van der Waals surface area contributed by atoms with Crippen molar-refractivity contribution in [1.82, 2.24) is 10.2 Å². The van der Waals surface area contributed by atoms with Crippen LogP contribution in [0.25, 0.3) is 5.57 Å². The first-order valence-corrected chi connectivity index (χ1v) is 11.0. The predicted molar refractivity (Wildman–Crippen MR) is 125 cm³/mol.